The van der Waals surface area contributed by atoms with Gasteiger partial charge in [0.25, 0.3) is 5.91 Å². The van der Waals surface area contributed by atoms with Crippen LogP contribution in [0.2, 0.25) is 0 Å². The number of aromatic nitrogens is 4. The number of nitrogens with one attached hydrogen (secondary N) is 1. The smallest absolute Gasteiger partial charge is 0.256 e. The van der Waals surface area contributed by atoms with Gasteiger partial charge in [-0.1, -0.05) is 24.2 Å². The Bertz CT molecular complexity index is 852. The minimum absolute atomic E-state index is 0.206. The van der Waals surface area contributed by atoms with Crippen molar-refractivity contribution in [3.05, 3.63) is 48.0 Å². The van der Waals surface area contributed by atoms with Crippen LogP contribution in [0.5, 0.6) is 0 Å². The first-order valence-electron chi connectivity index (χ1n) is 7.84. The largest absolute Gasteiger partial charge is 0.339 e. The van der Waals surface area contributed by atoms with Crippen molar-refractivity contribution in [3.63, 3.8) is 0 Å². The number of hydrogen-bond donors (Lipinski definition) is 1. The molecule has 0 aliphatic rings. The summed E-state index contributed by atoms with van der Waals surface area (Å²) in [6, 6.07) is 9.12. The van der Waals surface area contributed by atoms with Crippen molar-refractivity contribution < 1.29 is 9.32 Å². The van der Waals surface area contributed by atoms with E-state index in [1.54, 1.807) is 37.4 Å². The molecule has 0 spiro atoms. The van der Waals surface area contributed by atoms with Crippen LogP contribution in [0, 0.1) is 6.92 Å². The Labute approximate surface area is 139 Å². The fourth-order valence-electron chi connectivity index (χ4n) is 2.34. The summed E-state index contributed by atoms with van der Waals surface area (Å²) in [5.74, 6) is 1.42. The minimum Gasteiger partial charge on any atom is -0.339 e. The normalized spacial score (nSPS) is 12.1. The molecule has 3 aromatic rings. The first-order chi connectivity index (χ1) is 11.6. The Hall–Kier alpha value is -2.96. The second-order valence-corrected chi connectivity index (χ2v) is 5.59. The third kappa shape index (κ3) is 3.19. The first-order valence-corrected chi connectivity index (χ1v) is 7.84. The Morgan fingerprint density at radius 3 is 2.92 bits per heavy atom. The fourth-order valence-corrected chi connectivity index (χ4v) is 2.34. The van der Waals surface area contributed by atoms with Gasteiger partial charge in [-0.05, 0) is 25.5 Å². The molecule has 2 heterocycles. The number of nitrogens with zero attached hydrogens (tertiary/aromatic N) is 4. The summed E-state index contributed by atoms with van der Waals surface area (Å²) in [6.45, 7) is 5.86. The molecular formula is C17H19N5O2. The van der Waals surface area contributed by atoms with E-state index in [1.807, 2.05) is 10.7 Å². The van der Waals surface area contributed by atoms with Gasteiger partial charge >= 0.3 is 0 Å². The Morgan fingerprint density at radius 2 is 2.21 bits per heavy atom. The van der Waals surface area contributed by atoms with Gasteiger partial charge in [-0.2, -0.15) is 10.1 Å². The van der Waals surface area contributed by atoms with Crippen molar-refractivity contribution in [1.82, 2.24) is 19.9 Å². The van der Waals surface area contributed by atoms with Crippen LogP contribution in [-0.2, 0) is 0 Å². The highest BCUT2D eigenvalue weighted by atomic mass is 16.5. The molecule has 1 aromatic carbocycles. The molecule has 24 heavy (non-hydrogen) atoms. The minimum atomic E-state index is -0.206. The third-order valence-corrected chi connectivity index (χ3v) is 3.83. The standard InChI is InChI=1S/C17H19N5O2/c1-4-11(2)22-15(8-9-18-22)20-17(23)14-7-5-6-13(10-14)16-19-12(3)24-21-16/h5-11H,4H2,1-3H3,(H,20,23). The van der Waals surface area contributed by atoms with E-state index in [0.29, 0.717) is 23.1 Å². The van der Waals surface area contributed by atoms with Crippen LogP contribution in [-0.4, -0.2) is 25.8 Å². The van der Waals surface area contributed by atoms with Crippen LogP contribution in [0.15, 0.2) is 41.1 Å². The van der Waals surface area contributed by atoms with Crippen LogP contribution in [0.4, 0.5) is 5.82 Å². The van der Waals surface area contributed by atoms with E-state index in [-0.39, 0.29) is 11.9 Å². The van der Waals surface area contributed by atoms with Gasteiger partial charge in [-0.15, -0.1) is 0 Å². The lowest BCUT2D eigenvalue weighted by Crippen LogP contribution is -2.17. The predicted molar refractivity (Wildman–Crippen MR) is 89.7 cm³/mol. The summed E-state index contributed by atoms with van der Waals surface area (Å²) in [4.78, 5) is 16.7. The molecule has 0 aliphatic carbocycles. The molecule has 7 heteroatoms. The molecule has 0 fully saturated rings. The Morgan fingerprint density at radius 1 is 1.38 bits per heavy atom. The number of amides is 1. The van der Waals surface area contributed by atoms with E-state index in [2.05, 4.69) is 34.4 Å². The molecule has 0 radical (unpaired) electrons. The lowest BCUT2D eigenvalue weighted by atomic mass is 10.1. The van der Waals surface area contributed by atoms with Crippen molar-refractivity contribution in [2.45, 2.75) is 33.2 Å². The van der Waals surface area contributed by atoms with Crippen LogP contribution in [0.1, 0.15) is 42.6 Å². The molecule has 0 saturated carbocycles. The van der Waals surface area contributed by atoms with Crippen molar-refractivity contribution in [2.24, 2.45) is 0 Å². The highest BCUT2D eigenvalue weighted by Crippen LogP contribution is 2.20. The number of carbonyl (C=O) groups is 1. The first kappa shape index (κ1) is 15.9. The zero-order chi connectivity index (χ0) is 17.1. The molecule has 1 atom stereocenters. The van der Waals surface area contributed by atoms with Crippen LogP contribution in [0.3, 0.4) is 0 Å². The van der Waals surface area contributed by atoms with E-state index in [1.165, 1.54) is 0 Å². The maximum absolute atomic E-state index is 12.5. The molecule has 0 aliphatic heterocycles. The zero-order valence-corrected chi connectivity index (χ0v) is 13.9. The molecule has 1 N–H and O–H groups in total. The number of rotatable bonds is 5. The van der Waals surface area contributed by atoms with E-state index >= 15 is 0 Å². The van der Waals surface area contributed by atoms with E-state index in [4.69, 9.17) is 4.52 Å². The molecule has 2 aromatic heterocycles. The van der Waals surface area contributed by atoms with Gasteiger partial charge in [-0.3, -0.25) is 4.79 Å². The van der Waals surface area contributed by atoms with Crippen LogP contribution in [0.25, 0.3) is 11.4 Å². The summed E-state index contributed by atoms with van der Waals surface area (Å²) >= 11 is 0. The van der Waals surface area contributed by atoms with Crippen molar-refractivity contribution >= 4 is 11.7 Å². The third-order valence-electron chi connectivity index (χ3n) is 3.83. The molecular weight excluding hydrogens is 306 g/mol. The van der Waals surface area contributed by atoms with Gasteiger partial charge in [0.05, 0.1) is 12.2 Å². The van der Waals surface area contributed by atoms with Crippen molar-refractivity contribution in [3.8, 4) is 11.4 Å². The average molecular weight is 325 g/mol. The number of aryl methyl sites for hydroxylation is 1. The van der Waals surface area contributed by atoms with E-state index in [9.17, 15) is 4.79 Å². The molecule has 0 saturated heterocycles. The Balaban J connectivity index is 1.82. The predicted octanol–water partition coefficient (Wildman–Crippen LogP) is 3.46. The molecule has 1 unspecified atom stereocenters. The van der Waals surface area contributed by atoms with Gasteiger partial charge in [0.2, 0.25) is 11.7 Å². The summed E-state index contributed by atoms with van der Waals surface area (Å²) < 4.78 is 6.80. The second-order valence-electron chi connectivity index (χ2n) is 5.59. The van der Waals surface area contributed by atoms with Crippen molar-refractivity contribution in [2.75, 3.05) is 5.32 Å². The lowest BCUT2D eigenvalue weighted by molar-refractivity contribution is 0.102. The van der Waals surface area contributed by atoms with E-state index in [0.717, 1.165) is 12.0 Å². The summed E-state index contributed by atoms with van der Waals surface area (Å²) in [6.07, 6.45) is 2.61. The van der Waals surface area contributed by atoms with Gasteiger partial charge in [-0.25, -0.2) is 4.68 Å². The van der Waals surface area contributed by atoms with Gasteiger partial charge < -0.3 is 9.84 Å². The number of carbonyl (C=O) groups excluding carboxylic acids is 1. The topological polar surface area (TPSA) is 85.8 Å². The van der Waals surface area contributed by atoms with Gasteiger partial charge in [0.1, 0.15) is 5.82 Å². The average Bonchev–Trinajstić information content (AvgIpc) is 3.23. The molecule has 7 nitrogen and oxygen atoms in total. The molecule has 124 valence electrons. The maximum Gasteiger partial charge on any atom is 0.256 e. The van der Waals surface area contributed by atoms with Gasteiger partial charge in [0, 0.05) is 24.1 Å². The highest BCUT2D eigenvalue weighted by Gasteiger charge is 2.14. The number of anilines is 1. The quantitative estimate of drug-likeness (QED) is 0.776. The zero-order valence-electron chi connectivity index (χ0n) is 13.9. The summed E-state index contributed by atoms with van der Waals surface area (Å²) in [7, 11) is 0. The fraction of sp³-hybridized carbons (Fsp3) is 0.294. The highest BCUT2D eigenvalue weighted by molar-refractivity contribution is 6.04. The number of benzene rings is 1. The molecule has 3 rings (SSSR count). The summed E-state index contributed by atoms with van der Waals surface area (Å²) in [5, 5.41) is 11.1. The summed E-state index contributed by atoms with van der Waals surface area (Å²) in [5.41, 5.74) is 1.25. The monoisotopic (exact) mass is 325 g/mol. The lowest BCUT2D eigenvalue weighted by Gasteiger charge is -2.14. The number of hydrogen-bond acceptors (Lipinski definition) is 5. The maximum atomic E-state index is 12.5. The SMILES string of the molecule is CCC(C)n1nccc1NC(=O)c1cccc(-c2noc(C)n2)c1. The molecule has 1 amide bonds. The van der Waals surface area contributed by atoms with Crippen LogP contribution >= 0.6 is 0 Å². The Kier molecular flexibility index (Phi) is 4.41. The van der Waals surface area contributed by atoms with Crippen LogP contribution < -0.4 is 5.32 Å². The van der Waals surface area contributed by atoms with E-state index < -0.39 is 0 Å². The molecule has 0 bridgehead atoms. The van der Waals surface area contributed by atoms with Gasteiger partial charge in [0.15, 0.2) is 0 Å². The van der Waals surface area contributed by atoms with Crippen molar-refractivity contribution in [1.29, 1.82) is 0 Å². The second kappa shape index (κ2) is 6.66.